The number of hydrogen-bond donors (Lipinski definition) is 2. The molecule has 0 amide bonds. The maximum absolute atomic E-state index is 8.71. The van der Waals surface area contributed by atoms with E-state index in [0.717, 1.165) is 16.9 Å². The maximum Gasteiger partial charge on any atom is 0.330 e. The van der Waals surface area contributed by atoms with Crippen LogP contribution in [-0.2, 0) is 4.52 Å². The highest BCUT2D eigenvalue weighted by atomic mass is 31.2. The van der Waals surface area contributed by atoms with Crippen LogP contribution in [0.5, 0.6) is 5.75 Å². The first-order chi connectivity index (χ1) is 8.43. The van der Waals surface area contributed by atoms with Gasteiger partial charge in [0.05, 0.1) is 0 Å². The van der Waals surface area contributed by atoms with Gasteiger partial charge in [-0.2, -0.15) is 0 Å². The van der Waals surface area contributed by atoms with Gasteiger partial charge in [-0.25, -0.2) is 0 Å². The second kappa shape index (κ2) is 7.05. The molecule has 0 aliphatic heterocycles. The average molecular weight is 272 g/mol. The third-order valence-corrected chi connectivity index (χ3v) is 3.03. The van der Waals surface area contributed by atoms with Crippen LogP contribution in [0.4, 0.5) is 0 Å². The standard InChI is InChI=1S/C13H21O4P/c1-9(2)11-6-5-7-12(10(3)4)13(11)16-8-17-18(14)15/h5-7,9-10,14-15H,8H2,1-4H3. The topological polar surface area (TPSA) is 58.9 Å². The van der Waals surface area contributed by atoms with Gasteiger partial charge < -0.3 is 14.5 Å². The molecule has 0 spiro atoms. The second-order valence-corrected chi connectivity index (χ2v) is 5.48. The molecule has 0 heterocycles. The normalized spacial score (nSPS) is 11.6. The molecule has 1 rings (SSSR count). The van der Waals surface area contributed by atoms with E-state index in [9.17, 15) is 0 Å². The van der Waals surface area contributed by atoms with E-state index in [2.05, 4.69) is 32.2 Å². The molecule has 0 atom stereocenters. The summed E-state index contributed by atoms with van der Waals surface area (Å²) in [6, 6.07) is 6.06. The Morgan fingerprint density at radius 1 is 1.06 bits per heavy atom. The van der Waals surface area contributed by atoms with E-state index in [1.54, 1.807) is 0 Å². The summed E-state index contributed by atoms with van der Waals surface area (Å²) in [5.41, 5.74) is 2.20. The van der Waals surface area contributed by atoms with Crippen LogP contribution in [0.3, 0.4) is 0 Å². The van der Waals surface area contributed by atoms with E-state index < -0.39 is 8.60 Å². The van der Waals surface area contributed by atoms with Crippen LogP contribution in [-0.4, -0.2) is 16.6 Å². The molecular weight excluding hydrogens is 251 g/mol. The summed E-state index contributed by atoms with van der Waals surface area (Å²) in [7, 11) is -2.37. The molecular formula is C13H21O4P. The minimum Gasteiger partial charge on any atom is -0.466 e. The fourth-order valence-corrected chi connectivity index (χ4v) is 1.93. The zero-order chi connectivity index (χ0) is 13.7. The van der Waals surface area contributed by atoms with Crippen molar-refractivity contribution in [2.75, 3.05) is 6.79 Å². The fraction of sp³-hybridized carbons (Fsp3) is 0.538. The van der Waals surface area contributed by atoms with Gasteiger partial charge in [0.1, 0.15) is 5.75 Å². The summed E-state index contributed by atoms with van der Waals surface area (Å²) in [5.74, 6) is 1.46. The lowest BCUT2D eigenvalue weighted by molar-refractivity contribution is 0.102. The average Bonchev–Trinajstić information content (AvgIpc) is 2.28. The first kappa shape index (κ1) is 15.4. The summed E-state index contributed by atoms with van der Waals surface area (Å²) in [6.07, 6.45) is 0. The van der Waals surface area contributed by atoms with E-state index in [4.69, 9.17) is 14.5 Å². The molecule has 0 unspecified atom stereocenters. The molecule has 0 aliphatic carbocycles. The van der Waals surface area contributed by atoms with E-state index in [1.165, 1.54) is 0 Å². The molecule has 0 saturated heterocycles. The van der Waals surface area contributed by atoms with E-state index >= 15 is 0 Å². The van der Waals surface area contributed by atoms with Gasteiger partial charge in [-0.3, -0.25) is 4.52 Å². The van der Waals surface area contributed by atoms with E-state index in [1.807, 2.05) is 18.2 Å². The molecule has 0 fully saturated rings. The van der Waals surface area contributed by atoms with Crippen molar-refractivity contribution in [3.8, 4) is 5.75 Å². The Kier molecular flexibility index (Phi) is 6.03. The molecule has 0 saturated carbocycles. The fourth-order valence-electron chi connectivity index (χ4n) is 1.78. The van der Waals surface area contributed by atoms with Crippen molar-refractivity contribution in [3.63, 3.8) is 0 Å². The Hall–Kier alpha value is -0.670. The summed E-state index contributed by atoms with van der Waals surface area (Å²) in [4.78, 5) is 17.4. The smallest absolute Gasteiger partial charge is 0.330 e. The highest BCUT2D eigenvalue weighted by molar-refractivity contribution is 7.39. The molecule has 5 heteroatoms. The number of ether oxygens (including phenoxy) is 1. The molecule has 0 aliphatic rings. The minimum absolute atomic E-state index is 0.151. The SMILES string of the molecule is CC(C)c1cccc(C(C)C)c1OCOP(O)O. The van der Waals surface area contributed by atoms with Crippen molar-refractivity contribution in [3.05, 3.63) is 29.3 Å². The molecule has 0 aromatic heterocycles. The van der Waals surface area contributed by atoms with Gasteiger partial charge in [-0.05, 0) is 23.0 Å². The molecule has 4 nitrogen and oxygen atoms in total. The Bertz CT molecular complexity index is 351. The van der Waals surface area contributed by atoms with Crippen LogP contribution < -0.4 is 4.74 Å². The monoisotopic (exact) mass is 272 g/mol. The lowest BCUT2D eigenvalue weighted by Crippen LogP contribution is -2.06. The Morgan fingerprint density at radius 3 is 1.94 bits per heavy atom. The summed E-state index contributed by atoms with van der Waals surface area (Å²) >= 11 is 0. The number of para-hydroxylation sites is 1. The van der Waals surface area contributed by atoms with Crippen LogP contribution in [0.25, 0.3) is 0 Å². The van der Waals surface area contributed by atoms with Gasteiger partial charge in [0.2, 0.25) is 0 Å². The summed E-state index contributed by atoms with van der Waals surface area (Å²) < 4.78 is 10.2. The Balaban J connectivity index is 2.96. The number of hydrogen-bond acceptors (Lipinski definition) is 4. The van der Waals surface area contributed by atoms with Gasteiger partial charge in [0.25, 0.3) is 0 Å². The zero-order valence-electron chi connectivity index (χ0n) is 11.3. The van der Waals surface area contributed by atoms with Crippen LogP contribution in [0.2, 0.25) is 0 Å². The van der Waals surface area contributed by atoms with Crippen LogP contribution in [0, 0.1) is 0 Å². The van der Waals surface area contributed by atoms with Crippen molar-refractivity contribution < 1.29 is 19.0 Å². The Morgan fingerprint density at radius 2 is 1.56 bits per heavy atom. The highest BCUT2D eigenvalue weighted by Gasteiger charge is 2.15. The summed E-state index contributed by atoms with van der Waals surface area (Å²) in [5, 5.41) is 0. The third-order valence-electron chi connectivity index (χ3n) is 2.69. The predicted octanol–water partition coefficient (Wildman–Crippen LogP) is 3.50. The quantitative estimate of drug-likeness (QED) is 0.614. The number of rotatable bonds is 6. The lowest BCUT2D eigenvalue weighted by Gasteiger charge is -2.19. The Labute approximate surface area is 110 Å². The molecule has 18 heavy (non-hydrogen) atoms. The molecule has 1 aromatic rings. The minimum atomic E-state index is -2.37. The highest BCUT2D eigenvalue weighted by Crippen LogP contribution is 2.35. The van der Waals surface area contributed by atoms with Gasteiger partial charge in [-0.1, -0.05) is 45.9 Å². The largest absolute Gasteiger partial charge is 0.466 e. The lowest BCUT2D eigenvalue weighted by atomic mass is 9.94. The number of benzene rings is 1. The molecule has 102 valence electrons. The molecule has 2 N–H and O–H groups in total. The molecule has 0 bridgehead atoms. The van der Waals surface area contributed by atoms with Crippen molar-refractivity contribution >= 4 is 8.60 Å². The third kappa shape index (κ3) is 4.21. The first-order valence-corrected chi connectivity index (χ1v) is 7.16. The van der Waals surface area contributed by atoms with Gasteiger partial charge in [-0.15, -0.1) is 0 Å². The van der Waals surface area contributed by atoms with Crippen molar-refractivity contribution in [1.82, 2.24) is 0 Å². The van der Waals surface area contributed by atoms with Crippen LogP contribution in [0.1, 0.15) is 50.7 Å². The van der Waals surface area contributed by atoms with Crippen LogP contribution >= 0.6 is 8.60 Å². The van der Waals surface area contributed by atoms with E-state index in [0.29, 0.717) is 11.8 Å². The predicted molar refractivity (Wildman–Crippen MR) is 72.6 cm³/mol. The van der Waals surface area contributed by atoms with E-state index in [-0.39, 0.29) is 6.79 Å². The van der Waals surface area contributed by atoms with Gasteiger partial charge in [0.15, 0.2) is 6.79 Å². The van der Waals surface area contributed by atoms with Crippen molar-refractivity contribution in [1.29, 1.82) is 0 Å². The zero-order valence-corrected chi connectivity index (χ0v) is 12.1. The maximum atomic E-state index is 8.71. The summed E-state index contributed by atoms with van der Waals surface area (Å²) in [6.45, 7) is 8.23. The van der Waals surface area contributed by atoms with Gasteiger partial charge >= 0.3 is 8.60 Å². The molecule has 1 aromatic carbocycles. The van der Waals surface area contributed by atoms with Crippen molar-refractivity contribution in [2.24, 2.45) is 0 Å². The van der Waals surface area contributed by atoms with Gasteiger partial charge in [0, 0.05) is 0 Å². The van der Waals surface area contributed by atoms with Crippen LogP contribution in [0.15, 0.2) is 18.2 Å². The second-order valence-electron chi connectivity index (χ2n) is 4.72. The first-order valence-electron chi connectivity index (χ1n) is 5.99. The van der Waals surface area contributed by atoms with Crippen molar-refractivity contribution in [2.45, 2.75) is 39.5 Å². The molecule has 0 radical (unpaired) electrons.